The standard InChI is InChI=1S/C10H19N3O4S/c1-4-5-16-7-10(2,11)9-12-8(17-13-9)6-18(3,14)15/h4-7,11H2,1-3H3. The van der Waals surface area contributed by atoms with Crippen LogP contribution in [0.25, 0.3) is 0 Å². The van der Waals surface area contributed by atoms with Crippen molar-refractivity contribution in [2.45, 2.75) is 31.6 Å². The van der Waals surface area contributed by atoms with Gasteiger partial charge in [-0.1, -0.05) is 12.1 Å². The number of sulfone groups is 1. The minimum absolute atomic E-state index is 0.0414. The van der Waals surface area contributed by atoms with E-state index in [-0.39, 0.29) is 24.1 Å². The molecule has 1 aromatic rings. The molecular formula is C10H19N3O4S. The van der Waals surface area contributed by atoms with Crippen LogP contribution in [0.3, 0.4) is 0 Å². The Morgan fingerprint density at radius 2 is 2.17 bits per heavy atom. The fourth-order valence-corrected chi connectivity index (χ4v) is 1.83. The molecule has 0 amide bonds. The van der Waals surface area contributed by atoms with E-state index in [4.69, 9.17) is 15.0 Å². The summed E-state index contributed by atoms with van der Waals surface area (Å²) in [7, 11) is -3.20. The van der Waals surface area contributed by atoms with E-state index in [2.05, 4.69) is 10.1 Å². The lowest BCUT2D eigenvalue weighted by Gasteiger charge is -2.19. The zero-order chi connectivity index (χ0) is 13.8. The SMILES string of the molecule is CCCOCC(C)(N)c1noc(CS(C)(=O)=O)n1. The highest BCUT2D eigenvalue weighted by atomic mass is 32.2. The predicted octanol–water partition coefficient (Wildman–Crippen LogP) is 0.215. The second-order valence-electron chi connectivity index (χ2n) is 4.55. The molecule has 0 saturated heterocycles. The molecule has 8 heteroatoms. The zero-order valence-electron chi connectivity index (χ0n) is 10.8. The summed E-state index contributed by atoms with van der Waals surface area (Å²) in [6.07, 6.45) is 1.99. The molecule has 1 aromatic heterocycles. The third-order valence-corrected chi connectivity index (χ3v) is 2.89. The maximum atomic E-state index is 11.1. The molecule has 0 radical (unpaired) electrons. The number of hydrogen-bond acceptors (Lipinski definition) is 7. The first-order valence-electron chi connectivity index (χ1n) is 5.62. The summed E-state index contributed by atoms with van der Waals surface area (Å²) in [4.78, 5) is 3.98. The van der Waals surface area contributed by atoms with Crippen LogP contribution in [0.5, 0.6) is 0 Å². The van der Waals surface area contributed by atoms with Crippen LogP contribution in [0.4, 0.5) is 0 Å². The molecule has 0 bridgehead atoms. The van der Waals surface area contributed by atoms with Crippen LogP contribution >= 0.6 is 0 Å². The quantitative estimate of drug-likeness (QED) is 0.710. The molecule has 7 nitrogen and oxygen atoms in total. The summed E-state index contributed by atoms with van der Waals surface area (Å²) in [5, 5.41) is 3.70. The van der Waals surface area contributed by atoms with E-state index in [1.54, 1.807) is 6.92 Å². The summed E-state index contributed by atoms with van der Waals surface area (Å²) < 4.78 is 32.4. The fourth-order valence-electron chi connectivity index (χ4n) is 1.26. The van der Waals surface area contributed by atoms with Gasteiger partial charge in [-0.2, -0.15) is 4.98 Å². The first-order valence-corrected chi connectivity index (χ1v) is 7.68. The van der Waals surface area contributed by atoms with Crippen molar-refractivity contribution < 1.29 is 17.7 Å². The monoisotopic (exact) mass is 277 g/mol. The average Bonchev–Trinajstić information content (AvgIpc) is 2.64. The first-order chi connectivity index (χ1) is 8.24. The molecule has 0 aromatic carbocycles. The van der Waals surface area contributed by atoms with Gasteiger partial charge in [0, 0.05) is 12.9 Å². The van der Waals surface area contributed by atoms with Gasteiger partial charge in [0.15, 0.2) is 15.7 Å². The summed E-state index contributed by atoms with van der Waals surface area (Å²) in [6, 6.07) is 0. The van der Waals surface area contributed by atoms with Crippen LogP contribution in [-0.2, 0) is 25.9 Å². The molecule has 0 aliphatic carbocycles. The average molecular weight is 277 g/mol. The summed E-state index contributed by atoms with van der Waals surface area (Å²) in [5.74, 6) is 0.00300. The van der Waals surface area contributed by atoms with E-state index >= 15 is 0 Å². The number of aromatic nitrogens is 2. The van der Waals surface area contributed by atoms with Gasteiger partial charge in [-0.05, 0) is 13.3 Å². The second-order valence-corrected chi connectivity index (χ2v) is 6.69. The van der Waals surface area contributed by atoms with E-state index in [9.17, 15) is 8.42 Å². The summed E-state index contributed by atoms with van der Waals surface area (Å²) in [5.41, 5.74) is 5.10. The molecule has 1 rings (SSSR count). The largest absolute Gasteiger partial charge is 0.379 e. The normalized spacial score (nSPS) is 15.6. The van der Waals surface area contributed by atoms with Gasteiger partial charge < -0.3 is 15.0 Å². The Bertz CT molecular complexity index is 481. The Morgan fingerprint density at radius 3 is 2.72 bits per heavy atom. The van der Waals surface area contributed by atoms with Crippen molar-refractivity contribution in [2.24, 2.45) is 5.73 Å². The van der Waals surface area contributed by atoms with E-state index in [1.165, 1.54) is 0 Å². The maximum absolute atomic E-state index is 11.1. The van der Waals surface area contributed by atoms with Gasteiger partial charge in [0.1, 0.15) is 11.3 Å². The second kappa shape index (κ2) is 5.77. The van der Waals surface area contributed by atoms with Gasteiger partial charge in [-0.3, -0.25) is 0 Å². The van der Waals surface area contributed by atoms with Crippen LogP contribution in [0.2, 0.25) is 0 Å². The zero-order valence-corrected chi connectivity index (χ0v) is 11.7. The minimum atomic E-state index is -3.20. The third-order valence-electron chi connectivity index (χ3n) is 2.11. The topological polar surface area (TPSA) is 108 Å². The lowest BCUT2D eigenvalue weighted by atomic mass is 10.1. The van der Waals surface area contributed by atoms with Crippen molar-refractivity contribution in [1.29, 1.82) is 0 Å². The summed E-state index contributed by atoms with van der Waals surface area (Å²) >= 11 is 0. The van der Waals surface area contributed by atoms with E-state index < -0.39 is 15.4 Å². The number of hydrogen-bond donors (Lipinski definition) is 1. The third kappa shape index (κ3) is 4.71. The van der Waals surface area contributed by atoms with Crippen LogP contribution in [0.1, 0.15) is 32.0 Å². The molecule has 0 saturated carbocycles. The first kappa shape index (κ1) is 15.1. The van der Waals surface area contributed by atoms with Gasteiger partial charge in [-0.25, -0.2) is 8.42 Å². The molecule has 1 heterocycles. The molecule has 0 aliphatic rings. The highest BCUT2D eigenvalue weighted by molar-refractivity contribution is 7.89. The number of ether oxygens (including phenoxy) is 1. The summed E-state index contributed by atoms with van der Waals surface area (Å²) in [6.45, 7) is 4.55. The van der Waals surface area contributed by atoms with Crippen molar-refractivity contribution in [3.63, 3.8) is 0 Å². The fraction of sp³-hybridized carbons (Fsp3) is 0.800. The van der Waals surface area contributed by atoms with Gasteiger partial charge in [0.2, 0.25) is 5.89 Å². The van der Waals surface area contributed by atoms with Gasteiger partial charge in [-0.15, -0.1) is 0 Å². The van der Waals surface area contributed by atoms with Crippen LogP contribution in [-0.4, -0.2) is 38.0 Å². The molecule has 0 aliphatic heterocycles. The van der Waals surface area contributed by atoms with Crippen molar-refractivity contribution >= 4 is 9.84 Å². The van der Waals surface area contributed by atoms with E-state index in [1.807, 2.05) is 6.92 Å². The lowest BCUT2D eigenvalue weighted by molar-refractivity contribution is 0.0867. The molecule has 104 valence electrons. The van der Waals surface area contributed by atoms with E-state index in [0.29, 0.717) is 6.61 Å². The Balaban J connectivity index is 2.71. The predicted molar refractivity (Wildman–Crippen MR) is 65.5 cm³/mol. The number of nitrogens with two attached hydrogens (primary N) is 1. The van der Waals surface area contributed by atoms with Crippen molar-refractivity contribution in [3.8, 4) is 0 Å². The molecule has 1 atom stereocenters. The Labute approximate surface area is 107 Å². The van der Waals surface area contributed by atoms with E-state index in [0.717, 1.165) is 12.7 Å². The van der Waals surface area contributed by atoms with Gasteiger partial charge in [0.05, 0.1) is 6.61 Å². The Morgan fingerprint density at radius 1 is 1.50 bits per heavy atom. The molecule has 2 N–H and O–H groups in total. The van der Waals surface area contributed by atoms with Crippen molar-refractivity contribution in [2.75, 3.05) is 19.5 Å². The van der Waals surface area contributed by atoms with Gasteiger partial charge >= 0.3 is 0 Å². The Hall–Kier alpha value is -0.990. The van der Waals surface area contributed by atoms with Crippen LogP contribution < -0.4 is 5.73 Å². The van der Waals surface area contributed by atoms with Crippen LogP contribution in [0, 0.1) is 0 Å². The maximum Gasteiger partial charge on any atom is 0.241 e. The Kier molecular flexibility index (Phi) is 4.83. The molecule has 0 spiro atoms. The van der Waals surface area contributed by atoms with Gasteiger partial charge in [0.25, 0.3) is 0 Å². The highest BCUT2D eigenvalue weighted by Gasteiger charge is 2.28. The molecule has 18 heavy (non-hydrogen) atoms. The highest BCUT2D eigenvalue weighted by Crippen LogP contribution is 2.15. The number of rotatable bonds is 7. The minimum Gasteiger partial charge on any atom is -0.379 e. The van der Waals surface area contributed by atoms with Crippen molar-refractivity contribution in [1.82, 2.24) is 10.1 Å². The molecule has 1 unspecified atom stereocenters. The smallest absolute Gasteiger partial charge is 0.241 e. The molecule has 0 fully saturated rings. The number of nitrogens with zero attached hydrogens (tertiary/aromatic N) is 2. The molecular weight excluding hydrogens is 258 g/mol. The lowest BCUT2D eigenvalue weighted by Crippen LogP contribution is -2.39. The van der Waals surface area contributed by atoms with Crippen molar-refractivity contribution in [3.05, 3.63) is 11.7 Å². The van der Waals surface area contributed by atoms with Crippen LogP contribution in [0.15, 0.2) is 4.52 Å².